The summed E-state index contributed by atoms with van der Waals surface area (Å²) in [5, 5.41) is 15.5. The average Bonchev–Trinajstić information content (AvgIpc) is 3.36. The van der Waals surface area contributed by atoms with E-state index in [9.17, 15) is 4.39 Å². The molecule has 6 nitrogen and oxygen atoms in total. The maximum Gasteiger partial charge on any atom is 0.198 e. The zero-order chi connectivity index (χ0) is 19.1. The van der Waals surface area contributed by atoms with Crippen LogP contribution < -0.4 is 4.90 Å². The summed E-state index contributed by atoms with van der Waals surface area (Å²) in [6.45, 7) is 1.82. The molecule has 0 radical (unpaired) electrons. The van der Waals surface area contributed by atoms with Gasteiger partial charge in [-0.3, -0.25) is 0 Å². The van der Waals surface area contributed by atoms with E-state index in [2.05, 4.69) is 25.5 Å². The molecule has 0 saturated carbocycles. The van der Waals surface area contributed by atoms with Gasteiger partial charge < -0.3 is 9.47 Å². The Hall–Kier alpha value is -2.93. The normalized spacial score (nSPS) is 14.7. The summed E-state index contributed by atoms with van der Waals surface area (Å²) >= 11 is 6.17. The maximum absolute atomic E-state index is 14.5. The monoisotopic (exact) mass is 396 g/mol. The van der Waals surface area contributed by atoms with Crippen molar-refractivity contribution < 1.29 is 4.39 Å². The van der Waals surface area contributed by atoms with Crippen molar-refractivity contribution >= 4 is 28.2 Å². The molecule has 1 aliphatic rings. The second-order valence-corrected chi connectivity index (χ2v) is 7.36. The minimum atomic E-state index is -0.431. The standard InChI is InChI=1S/C20H18ClFN6/c21-15-12-17-14(11-16(15)22)18(27-9-5-2-6-10-27)19(20-23-25-26-24-20)28(17)13-7-3-1-4-8-13/h1,3-4,7-8,11-12H,2,5-6,9-10H2,(H,23,24,25,26). The van der Waals surface area contributed by atoms with Crippen molar-refractivity contribution in [2.75, 3.05) is 18.0 Å². The van der Waals surface area contributed by atoms with Gasteiger partial charge >= 0.3 is 0 Å². The Labute approximate surface area is 165 Å². The van der Waals surface area contributed by atoms with Crippen molar-refractivity contribution in [1.29, 1.82) is 0 Å². The van der Waals surface area contributed by atoms with E-state index in [1.54, 1.807) is 6.07 Å². The predicted molar refractivity (Wildman–Crippen MR) is 107 cm³/mol. The molecule has 0 amide bonds. The van der Waals surface area contributed by atoms with Crippen LogP contribution in [0.1, 0.15) is 19.3 Å². The predicted octanol–water partition coefficient (Wildman–Crippen LogP) is 4.59. The maximum atomic E-state index is 14.5. The lowest BCUT2D eigenvalue weighted by Crippen LogP contribution is -2.29. The molecule has 142 valence electrons. The van der Waals surface area contributed by atoms with Gasteiger partial charge in [0.2, 0.25) is 0 Å². The van der Waals surface area contributed by atoms with Gasteiger partial charge in [-0.15, -0.1) is 5.10 Å². The van der Waals surface area contributed by atoms with E-state index in [1.807, 2.05) is 34.9 Å². The molecule has 3 heterocycles. The van der Waals surface area contributed by atoms with Gasteiger partial charge in [0.05, 0.1) is 16.2 Å². The van der Waals surface area contributed by atoms with Crippen LogP contribution in [0.2, 0.25) is 5.02 Å². The first-order valence-electron chi connectivity index (χ1n) is 9.32. The summed E-state index contributed by atoms with van der Waals surface area (Å²) in [4.78, 5) is 2.30. The number of aromatic nitrogens is 5. The summed E-state index contributed by atoms with van der Waals surface area (Å²) in [7, 11) is 0. The van der Waals surface area contributed by atoms with Gasteiger partial charge in [0.25, 0.3) is 0 Å². The lowest BCUT2D eigenvalue weighted by atomic mass is 10.1. The Morgan fingerprint density at radius 1 is 1.04 bits per heavy atom. The number of hydrogen-bond donors (Lipinski definition) is 1. The van der Waals surface area contributed by atoms with Crippen LogP contribution in [0, 0.1) is 5.82 Å². The number of halogens is 2. The third kappa shape index (κ3) is 2.74. The highest BCUT2D eigenvalue weighted by Gasteiger charge is 2.27. The second kappa shape index (κ2) is 6.91. The topological polar surface area (TPSA) is 62.6 Å². The van der Waals surface area contributed by atoms with Gasteiger partial charge in [0.15, 0.2) is 5.82 Å². The Morgan fingerprint density at radius 2 is 1.82 bits per heavy atom. The molecule has 0 atom stereocenters. The molecule has 1 saturated heterocycles. The molecule has 0 unspecified atom stereocenters. The van der Waals surface area contributed by atoms with Gasteiger partial charge in [0.1, 0.15) is 11.5 Å². The van der Waals surface area contributed by atoms with Crippen LogP contribution in [0.3, 0.4) is 0 Å². The molecule has 0 bridgehead atoms. The quantitative estimate of drug-likeness (QED) is 0.550. The number of para-hydroxylation sites is 1. The van der Waals surface area contributed by atoms with Crippen molar-refractivity contribution in [2.24, 2.45) is 0 Å². The Balaban J connectivity index is 1.90. The largest absolute Gasteiger partial charge is 0.369 e. The zero-order valence-electron chi connectivity index (χ0n) is 15.1. The fraction of sp³-hybridized carbons (Fsp3) is 0.250. The Morgan fingerprint density at radius 3 is 2.54 bits per heavy atom. The van der Waals surface area contributed by atoms with Crippen LogP contribution in [0.25, 0.3) is 28.1 Å². The van der Waals surface area contributed by atoms with E-state index in [0.717, 1.165) is 53.9 Å². The van der Waals surface area contributed by atoms with Crippen molar-refractivity contribution in [3.05, 3.63) is 53.3 Å². The number of rotatable bonds is 3. The number of H-pyrrole nitrogens is 1. The van der Waals surface area contributed by atoms with E-state index in [1.165, 1.54) is 12.5 Å². The van der Waals surface area contributed by atoms with E-state index >= 15 is 0 Å². The molecule has 0 aliphatic carbocycles. The van der Waals surface area contributed by atoms with Gasteiger partial charge in [-0.25, -0.2) is 9.49 Å². The molecule has 1 N–H and O–H groups in total. The summed E-state index contributed by atoms with van der Waals surface area (Å²) in [6, 6.07) is 13.1. The third-order valence-electron chi connectivity index (χ3n) is 5.24. The fourth-order valence-electron chi connectivity index (χ4n) is 4.03. The van der Waals surface area contributed by atoms with Gasteiger partial charge in [-0.2, -0.15) is 0 Å². The molecule has 28 heavy (non-hydrogen) atoms. The second-order valence-electron chi connectivity index (χ2n) is 6.95. The molecule has 8 heteroatoms. The molecule has 1 fully saturated rings. The first-order chi connectivity index (χ1) is 13.7. The number of nitrogens with zero attached hydrogens (tertiary/aromatic N) is 5. The average molecular weight is 397 g/mol. The Bertz CT molecular complexity index is 1120. The van der Waals surface area contributed by atoms with E-state index < -0.39 is 5.82 Å². The highest BCUT2D eigenvalue weighted by molar-refractivity contribution is 6.31. The molecule has 5 rings (SSSR count). The number of hydrogen-bond acceptors (Lipinski definition) is 4. The number of benzene rings is 2. The van der Waals surface area contributed by atoms with Crippen molar-refractivity contribution in [3.63, 3.8) is 0 Å². The van der Waals surface area contributed by atoms with Gasteiger partial charge in [-0.05, 0) is 54.0 Å². The summed E-state index contributed by atoms with van der Waals surface area (Å²) in [5.74, 6) is 0.108. The van der Waals surface area contributed by atoms with Crippen molar-refractivity contribution in [3.8, 4) is 17.2 Å². The van der Waals surface area contributed by atoms with Crippen LogP contribution in [-0.2, 0) is 0 Å². The third-order valence-corrected chi connectivity index (χ3v) is 5.53. The number of fused-ring (bicyclic) bond motifs is 1. The lowest BCUT2D eigenvalue weighted by molar-refractivity contribution is 0.579. The Kier molecular flexibility index (Phi) is 4.24. The van der Waals surface area contributed by atoms with E-state index in [0.29, 0.717) is 5.82 Å². The zero-order valence-corrected chi connectivity index (χ0v) is 15.8. The fourth-order valence-corrected chi connectivity index (χ4v) is 4.18. The summed E-state index contributed by atoms with van der Waals surface area (Å²) in [5.41, 5.74) is 3.51. The van der Waals surface area contributed by atoms with Crippen molar-refractivity contribution in [1.82, 2.24) is 25.2 Å². The summed E-state index contributed by atoms with van der Waals surface area (Å²) in [6.07, 6.45) is 3.40. The van der Waals surface area contributed by atoms with Crippen LogP contribution in [-0.4, -0.2) is 38.3 Å². The van der Waals surface area contributed by atoms with Crippen molar-refractivity contribution in [2.45, 2.75) is 19.3 Å². The first-order valence-corrected chi connectivity index (χ1v) is 9.70. The van der Waals surface area contributed by atoms with Crippen LogP contribution in [0.5, 0.6) is 0 Å². The minimum Gasteiger partial charge on any atom is -0.369 e. The molecule has 2 aromatic heterocycles. The molecule has 0 spiro atoms. The molecule has 2 aromatic carbocycles. The smallest absolute Gasteiger partial charge is 0.198 e. The van der Waals surface area contributed by atoms with E-state index in [4.69, 9.17) is 11.6 Å². The number of aromatic amines is 1. The number of tetrazole rings is 1. The lowest BCUT2D eigenvalue weighted by Gasteiger charge is -2.29. The van der Waals surface area contributed by atoms with Crippen LogP contribution in [0.15, 0.2) is 42.5 Å². The first kappa shape index (κ1) is 17.2. The van der Waals surface area contributed by atoms with Gasteiger partial charge in [0, 0.05) is 24.2 Å². The minimum absolute atomic E-state index is 0.0922. The number of anilines is 1. The number of nitrogens with one attached hydrogen (secondary N) is 1. The van der Waals surface area contributed by atoms with Crippen LogP contribution >= 0.6 is 11.6 Å². The summed E-state index contributed by atoms with van der Waals surface area (Å²) < 4.78 is 16.5. The molecular weight excluding hydrogens is 379 g/mol. The highest BCUT2D eigenvalue weighted by Crippen LogP contribution is 2.43. The van der Waals surface area contributed by atoms with Crippen LogP contribution in [0.4, 0.5) is 10.1 Å². The SMILES string of the molecule is Fc1cc2c(N3CCCCC3)c(-c3nnn[nH]3)n(-c3ccccc3)c2cc1Cl. The van der Waals surface area contributed by atoms with E-state index in [-0.39, 0.29) is 5.02 Å². The molecule has 1 aliphatic heterocycles. The highest BCUT2D eigenvalue weighted by atomic mass is 35.5. The number of piperidine rings is 1. The molecular formula is C20H18ClFN6. The van der Waals surface area contributed by atoms with Gasteiger partial charge in [-0.1, -0.05) is 29.8 Å². The molecule has 4 aromatic rings.